The molecule has 1 aromatic heterocycles. The summed E-state index contributed by atoms with van der Waals surface area (Å²) in [6.45, 7) is 0.749. The van der Waals surface area contributed by atoms with Gasteiger partial charge in [0.05, 0.1) is 23.9 Å². The zero-order chi connectivity index (χ0) is 10.8. The van der Waals surface area contributed by atoms with E-state index in [1.165, 1.54) is 0 Å². The predicted octanol–water partition coefficient (Wildman–Crippen LogP) is 1.42. The fraction of sp³-hybridized carbons (Fsp3) is 0.600. The maximum Gasteiger partial charge on any atom is 0.222 e. The van der Waals surface area contributed by atoms with Crippen LogP contribution in [0.15, 0.2) is 12.5 Å². The Balaban J connectivity index is 2.15. The Morgan fingerprint density at radius 1 is 1.67 bits per heavy atom. The molecule has 0 radical (unpaired) electrons. The van der Waals surface area contributed by atoms with Crippen LogP contribution < -0.4 is 0 Å². The second-order valence-corrected chi connectivity index (χ2v) is 4.16. The molecular weight excluding hydrogens is 214 g/mol. The first-order valence-electron chi connectivity index (χ1n) is 5.03. The summed E-state index contributed by atoms with van der Waals surface area (Å²) in [7, 11) is 1.84. The van der Waals surface area contributed by atoms with Crippen molar-refractivity contribution >= 4 is 17.5 Å². The second kappa shape index (κ2) is 4.23. The molecule has 1 saturated heterocycles. The molecule has 0 aliphatic carbocycles. The lowest BCUT2D eigenvalue weighted by Gasteiger charge is -2.31. The highest BCUT2D eigenvalue weighted by atomic mass is 35.5. The first-order valence-corrected chi connectivity index (χ1v) is 5.56. The van der Waals surface area contributed by atoms with Crippen LogP contribution in [-0.2, 0) is 10.7 Å². The number of hydrogen-bond donors (Lipinski definition) is 0. The second-order valence-electron chi connectivity index (χ2n) is 3.89. The molecule has 1 aliphatic heterocycles. The van der Waals surface area contributed by atoms with Crippen LogP contribution in [-0.4, -0.2) is 34.0 Å². The van der Waals surface area contributed by atoms with Crippen LogP contribution >= 0.6 is 11.6 Å². The van der Waals surface area contributed by atoms with Crippen molar-refractivity contribution in [3.8, 4) is 0 Å². The average molecular weight is 228 g/mol. The molecule has 2 rings (SSSR count). The lowest BCUT2D eigenvalue weighted by Crippen LogP contribution is -2.38. The topological polar surface area (TPSA) is 38.1 Å². The van der Waals surface area contributed by atoms with Gasteiger partial charge in [-0.15, -0.1) is 11.6 Å². The van der Waals surface area contributed by atoms with Gasteiger partial charge in [0, 0.05) is 26.2 Å². The first-order chi connectivity index (χ1) is 7.22. The Morgan fingerprint density at radius 2 is 2.47 bits per heavy atom. The number of carbonyl (C=O) groups is 1. The number of hydrogen-bond acceptors (Lipinski definition) is 2. The van der Waals surface area contributed by atoms with Crippen molar-refractivity contribution < 1.29 is 4.79 Å². The van der Waals surface area contributed by atoms with Crippen LogP contribution in [0.4, 0.5) is 0 Å². The standard InChI is InChI=1S/C10H14ClN3O/c1-13-6-8(2-3-10(13)15)14-7-12-5-9(14)4-11/h5,7-8H,2-4,6H2,1H3. The van der Waals surface area contributed by atoms with E-state index >= 15 is 0 Å². The molecule has 4 nitrogen and oxygen atoms in total. The van der Waals surface area contributed by atoms with Gasteiger partial charge in [-0.3, -0.25) is 4.79 Å². The van der Waals surface area contributed by atoms with Crippen LogP contribution in [0.3, 0.4) is 0 Å². The summed E-state index contributed by atoms with van der Waals surface area (Å²) < 4.78 is 2.08. The molecule has 1 aliphatic rings. The minimum atomic E-state index is 0.221. The number of nitrogens with zero attached hydrogens (tertiary/aromatic N) is 3. The smallest absolute Gasteiger partial charge is 0.222 e. The minimum Gasteiger partial charge on any atom is -0.344 e. The number of alkyl halides is 1. The third kappa shape index (κ3) is 2.00. The summed E-state index contributed by atoms with van der Waals surface area (Å²) in [5, 5.41) is 0. The molecule has 1 atom stereocenters. The number of aromatic nitrogens is 2. The SMILES string of the molecule is CN1CC(n2cncc2CCl)CCC1=O. The van der Waals surface area contributed by atoms with E-state index in [4.69, 9.17) is 11.6 Å². The van der Waals surface area contributed by atoms with Crippen LogP contribution in [0.1, 0.15) is 24.6 Å². The van der Waals surface area contributed by atoms with Gasteiger partial charge in [0.2, 0.25) is 5.91 Å². The van der Waals surface area contributed by atoms with Gasteiger partial charge in [0.15, 0.2) is 0 Å². The molecule has 15 heavy (non-hydrogen) atoms. The van der Waals surface area contributed by atoms with Gasteiger partial charge in [-0.2, -0.15) is 0 Å². The van der Waals surface area contributed by atoms with Crippen molar-refractivity contribution in [2.45, 2.75) is 24.8 Å². The molecule has 1 amide bonds. The van der Waals surface area contributed by atoms with Gasteiger partial charge < -0.3 is 9.47 Å². The van der Waals surface area contributed by atoms with Crippen LogP contribution in [0.25, 0.3) is 0 Å². The Kier molecular flexibility index (Phi) is 2.95. The van der Waals surface area contributed by atoms with Crippen molar-refractivity contribution in [3.63, 3.8) is 0 Å². The summed E-state index contributed by atoms with van der Waals surface area (Å²) in [4.78, 5) is 17.2. The van der Waals surface area contributed by atoms with E-state index in [1.54, 1.807) is 17.4 Å². The maximum atomic E-state index is 11.3. The lowest BCUT2D eigenvalue weighted by atomic mass is 10.1. The van der Waals surface area contributed by atoms with Gasteiger partial charge >= 0.3 is 0 Å². The summed E-state index contributed by atoms with van der Waals surface area (Å²) >= 11 is 5.82. The van der Waals surface area contributed by atoms with Crippen molar-refractivity contribution in [2.24, 2.45) is 0 Å². The monoisotopic (exact) mass is 227 g/mol. The predicted molar refractivity (Wildman–Crippen MR) is 57.7 cm³/mol. The largest absolute Gasteiger partial charge is 0.344 e. The summed E-state index contributed by atoms with van der Waals surface area (Å²) in [6, 6.07) is 0.323. The molecule has 0 saturated carbocycles. The van der Waals surface area contributed by atoms with Crippen LogP contribution in [0.2, 0.25) is 0 Å². The average Bonchev–Trinajstić information content (AvgIpc) is 2.70. The van der Waals surface area contributed by atoms with Gasteiger partial charge in [-0.1, -0.05) is 0 Å². The van der Waals surface area contributed by atoms with Crippen LogP contribution in [0, 0.1) is 0 Å². The minimum absolute atomic E-state index is 0.221. The van der Waals surface area contributed by atoms with E-state index in [1.807, 2.05) is 7.05 Å². The third-order valence-corrected chi connectivity index (χ3v) is 3.15. The normalized spacial score (nSPS) is 22.1. The summed E-state index contributed by atoms with van der Waals surface area (Å²) in [6.07, 6.45) is 5.07. The molecule has 0 bridgehead atoms. The van der Waals surface area contributed by atoms with E-state index < -0.39 is 0 Å². The summed E-state index contributed by atoms with van der Waals surface area (Å²) in [5.41, 5.74) is 1.02. The number of likely N-dealkylation sites (N-methyl/N-ethyl adjacent to an activating group) is 1. The van der Waals surface area contributed by atoms with Gasteiger partial charge in [-0.25, -0.2) is 4.98 Å². The number of likely N-dealkylation sites (tertiary alicyclic amines) is 1. The Labute approximate surface area is 93.8 Å². The molecule has 5 heteroatoms. The van der Waals surface area contributed by atoms with Gasteiger partial charge in [0.1, 0.15) is 0 Å². The molecule has 0 spiro atoms. The molecule has 0 aromatic carbocycles. The van der Waals surface area contributed by atoms with Crippen molar-refractivity contribution in [2.75, 3.05) is 13.6 Å². The third-order valence-electron chi connectivity index (χ3n) is 2.88. The van der Waals surface area contributed by atoms with E-state index in [0.29, 0.717) is 18.3 Å². The van der Waals surface area contributed by atoms with Gasteiger partial charge in [-0.05, 0) is 6.42 Å². The number of imidazole rings is 1. The Bertz CT molecular complexity index is 363. The van der Waals surface area contributed by atoms with E-state index in [9.17, 15) is 4.79 Å². The van der Waals surface area contributed by atoms with E-state index in [-0.39, 0.29) is 5.91 Å². The molecule has 2 heterocycles. The highest BCUT2D eigenvalue weighted by Crippen LogP contribution is 2.23. The number of carbonyl (C=O) groups excluding carboxylic acids is 1. The number of piperidine rings is 1. The highest BCUT2D eigenvalue weighted by molar-refractivity contribution is 6.16. The van der Waals surface area contributed by atoms with E-state index in [2.05, 4.69) is 9.55 Å². The van der Waals surface area contributed by atoms with Gasteiger partial charge in [0.25, 0.3) is 0 Å². The lowest BCUT2D eigenvalue weighted by molar-refractivity contribution is -0.132. The van der Waals surface area contributed by atoms with Crippen molar-refractivity contribution in [1.82, 2.24) is 14.5 Å². The first kappa shape index (κ1) is 10.5. The maximum absolute atomic E-state index is 11.3. The molecule has 0 N–H and O–H groups in total. The quantitative estimate of drug-likeness (QED) is 0.717. The molecule has 1 fully saturated rings. The van der Waals surface area contributed by atoms with Crippen molar-refractivity contribution in [1.29, 1.82) is 0 Å². The fourth-order valence-electron chi connectivity index (χ4n) is 1.98. The van der Waals surface area contributed by atoms with Crippen molar-refractivity contribution in [3.05, 3.63) is 18.2 Å². The summed E-state index contributed by atoms with van der Waals surface area (Å²) in [5.74, 6) is 0.688. The fourth-order valence-corrected chi connectivity index (χ4v) is 2.19. The number of halogens is 1. The molecule has 1 aromatic rings. The highest BCUT2D eigenvalue weighted by Gasteiger charge is 2.24. The Hall–Kier alpha value is -1.03. The van der Waals surface area contributed by atoms with Crippen LogP contribution in [0.5, 0.6) is 0 Å². The number of rotatable bonds is 2. The zero-order valence-electron chi connectivity index (χ0n) is 8.69. The zero-order valence-corrected chi connectivity index (χ0v) is 9.44. The van der Waals surface area contributed by atoms with E-state index in [0.717, 1.165) is 18.7 Å². The molecule has 82 valence electrons. The Morgan fingerprint density at radius 3 is 3.13 bits per heavy atom. The number of amides is 1. The molecule has 1 unspecified atom stereocenters. The molecular formula is C10H14ClN3O.